The molecule has 1 aromatic rings. The number of nitrogens with one attached hydrogen (secondary N) is 2. The molecule has 2 N–H and O–H groups in total. The Morgan fingerprint density at radius 1 is 1.12 bits per heavy atom. The van der Waals surface area contributed by atoms with Crippen molar-refractivity contribution in [1.82, 2.24) is 10.6 Å². The minimum absolute atomic E-state index is 0.0341. The van der Waals surface area contributed by atoms with Gasteiger partial charge in [-0.15, -0.1) is 0 Å². The fraction of sp³-hybridized carbons (Fsp3) is 0.650. The molecule has 0 aliphatic carbocycles. The van der Waals surface area contributed by atoms with Gasteiger partial charge in [0.15, 0.2) is 5.96 Å². The molecule has 1 aromatic carbocycles. The van der Waals surface area contributed by atoms with Gasteiger partial charge in [0.25, 0.3) is 0 Å². The fourth-order valence-corrected chi connectivity index (χ4v) is 2.23. The minimum Gasteiger partial charge on any atom is -0.489 e. The van der Waals surface area contributed by atoms with E-state index >= 15 is 0 Å². The normalized spacial score (nSPS) is 12.7. The predicted molar refractivity (Wildman–Crippen MR) is 107 cm³/mol. The van der Waals surface area contributed by atoms with Gasteiger partial charge in [-0.05, 0) is 38.0 Å². The summed E-state index contributed by atoms with van der Waals surface area (Å²) in [6.45, 7) is 10.3. The van der Waals surface area contributed by atoms with Crippen molar-refractivity contribution in [2.75, 3.05) is 46.6 Å². The van der Waals surface area contributed by atoms with Crippen LogP contribution in [0.3, 0.4) is 0 Å². The van der Waals surface area contributed by atoms with E-state index in [2.05, 4.69) is 35.5 Å². The maximum Gasteiger partial charge on any atom is 0.191 e. The molecule has 1 atom stereocenters. The molecule has 0 heterocycles. The van der Waals surface area contributed by atoms with Crippen molar-refractivity contribution in [3.63, 3.8) is 0 Å². The monoisotopic (exact) mass is 365 g/mol. The van der Waals surface area contributed by atoms with Gasteiger partial charge >= 0.3 is 0 Å². The van der Waals surface area contributed by atoms with E-state index in [-0.39, 0.29) is 6.10 Å². The van der Waals surface area contributed by atoms with Gasteiger partial charge in [-0.25, -0.2) is 0 Å². The highest BCUT2D eigenvalue weighted by atomic mass is 16.5. The van der Waals surface area contributed by atoms with Crippen LogP contribution in [-0.2, 0) is 9.47 Å². The quantitative estimate of drug-likeness (QED) is 0.320. The van der Waals surface area contributed by atoms with Crippen molar-refractivity contribution < 1.29 is 14.2 Å². The van der Waals surface area contributed by atoms with E-state index in [9.17, 15) is 0 Å². The van der Waals surface area contributed by atoms with Crippen LogP contribution in [0.15, 0.2) is 29.3 Å². The van der Waals surface area contributed by atoms with Gasteiger partial charge in [-0.1, -0.05) is 25.5 Å². The highest BCUT2D eigenvalue weighted by Crippen LogP contribution is 2.13. The van der Waals surface area contributed by atoms with Crippen LogP contribution in [0.5, 0.6) is 5.75 Å². The summed E-state index contributed by atoms with van der Waals surface area (Å²) in [5.74, 6) is 1.63. The number of unbranched alkanes of at least 4 members (excludes halogenated alkanes) is 1. The maximum absolute atomic E-state index is 5.90. The summed E-state index contributed by atoms with van der Waals surface area (Å²) in [5, 5.41) is 6.49. The van der Waals surface area contributed by atoms with Crippen molar-refractivity contribution in [3.05, 3.63) is 29.8 Å². The molecular weight excluding hydrogens is 330 g/mol. The number of nitrogens with zero attached hydrogens (tertiary/aromatic N) is 1. The first-order valence-electron chi connectivity index (χ1n) is 9.49. The molecular formula is C20H35N3O3. The van der Waals surface area contributed by atoms with Crippen molar-refractivity contribution in [2.45, 2.75) is 39.7 Å². The Bertz CT molecular complexity index is 509. The molecule has 0 amide bonds. The Balaban J connectivity index is 2.09. The minimum atomic E-state index is 0.0341. The number of aliphatic imine (C=N–C) groups is 1. The van der Waals surface area contributed by atoms with Crippen LogP contribution in [0.4, 0.5) is 0 Å². The second kappa shape index (κ2) is 14.4. The third-order valence-electron chi connectivity index (χ3n) is 3.66. The van der Waals surface area contributed by atoms with Gasteiger partial charge < -0.3 is 24.8 Å². The lowest BCUT2D eigenvalue weighted by molar-refractivity contribution is 0.0487. The van der Waals surface area contributed by atoms with E-state index in [4.69, 9.17) is 14.2 Å². The zero-order chi connectivity index (χ0) is 19.0. The Morgan fingerprint density at radius 2 is 1.88 bits per heavy atom. The standard InChI is InChI=1S/C20H35N3O3/c1-5-6-11-24-13-14-25-12-10-22-20(21-4)23-16-18(3)26-19-9-7-8-17(2)15-19/h7-9,15,18H,5-6,10-14,16H2,1-4H3,(H2,21,22,23). The van der Waals surface area contributed by atoms with Crippen LogP contribution in [0.1, 0.15) is 32.3 Å². The van der Waals surface area contributed by atoms with Crippen LogP contribution in [0, 0.1) is 6.92 Å². The Morgan fingerprint density at radius 3 is 2.58 bits per heavy atom. The highest BCUT2D eigenvalue weighted by Gasteiger charge is 2.05. The van der Waals surface area contributed by atoms with Crippen LogP contribution in [0.2, 0.25) is 0 Å². The second-order valence-electron chi connectivity index (χ2n) is 6.20. The molecule has 1 rings (SSSR count). The molecule has 0 fully saturated rings. The molecule has 0 aliphatic rings. The van der Waals surface area contributed by atoms with Crippen molar-refractivity contribution in [1.29, 1.82) is 0 Å². The fourth-order valence-electron chi connectivity index (χ4n) is 2.23. The first-order valence-corrected chi connectivity index (χ1v) is 9.49. The number of benzene rings is 1. The van der Waals surface area contributed by atoms with E-state index < -0.39 is 0 Å². The summed E-state index contributed by atoms with van der Waals surface area (Å²) in [6, 6.07) is 8.06. The molecule has 0 spiro atoms. The number of rotatable bonds is 13. The lowest BCUT2D eigenvalue weighted by Gasteiger charge is -2.18. The number of aryl methyl sites for hydroxylation is 1. The molecule has 0 radical (unpaired) electrons. The number of ether oxygens (including phenoxy) is 3. The Kier molecular flexibility index (Phi) is 12.3. The number of hydrogen-bond acceptors (Lipinski definition) is 4. The molecule has 6 nitrogen and oxygen atoms in total. The van der Waals surface area contributed by atoms with E-state index in [0.717, 1.165) is 31.2 Å². The maximum atomic E-state index is 5.90. The van der Waals surface area contributed by atoms with Gasteiger partial charge in [0.05, 0.1) is 26.4 Å². The van der Waals surface area contributed by atoms with Crippen LogP contribution in [-0.4, -0.2) is 58.6 Å². The van der Waals surface area contributed by atoms with Gasteiger partial charge in [0.2, 0.25) is 0 Å². The Labute approximate surface area is 158 Å². The van der Waals surface area contributed by atoms with Crippen molar-refractivity contribution >= 4 is 5.96 Å². The average molecular weight is 366 g/mol. The first-order chi connectivity index (χ1) is 12.7. The summed E-state index contributed by atoms with van der Waals surface area (Å²) in [7, 11) is 1.75. The molecule has 26 heavy (non-hydrogen) atoms. The summed E-state index contributed by atoms with van der Waals surface area (Å²) in [5.41, 5.74) is 1.19. The summed E-state index contributed by atoms with van der Waals surface area (Å²) in [4.78, 5) is 4.21. The topological polar surface area (TPSA) is 64.1 Å². The smallest absolute Gasteiger partial charge is 0.191 e. The second-order valence-corrected chi connectivity index (χ2v) is 6.20. The summed E-state index contributed by atoms with van der Waals surface area (Å²) in [6.07, 6.45) is 2.30. The van der Waals surface area contributed by atoms with E-state index in [0.29, 0.717) is 32.9 Å². The van der Waals surface area contributed by atoms with Gasteiger partial charge in [-0.2, -0.15) is 0 Å². The van der Waals surface area contributed by atoms with Gasteiger partial charge in [0, 0.05) is 20.2 Å². The van der Waals surface area contributed by atoms with Crippen LogP contribution in [0.25, 0.3) is 0 Å². The molecule has 1 unspecified atom stereocenters. The third-order valence-corrected chi connectivity index (χ3v) is 3.66. The Hall–Kier alpha value is -1.79. The molecule has 0 saturated carbocycles. The SMILES string of the molecule is CCCCOCCOCCNC(=NC)NCC(C)Oc1cccc(C)c1. The molecule has 0 bridgehead atoms. The van der Waals surface area contributed by atoms with Crippen LogP contribution < -0.4 is 15.4 Å². The molecule has 0 aliphatic heterocycles. The lowest BCUT2D eigenvalue weighted by Crippen LogP contribution is -2.42. The molecule has 6 heteroatoms. The van der Waals surface area contributed by atoms with Gasteiger partial charge in [0.1, 0.15) is 11.9 Å². The lowest BCUT2D eigenvalue weighted by atomic mass is 10.2. The molecule has 148 valence electrons. The van der Waals surface area contributed by atoms with Crippen LogP contribution >= 0.6 is 0 Å². The van der Waals surface area contributed by atoms with E-state index in [1.807, 2.05) is 25.1 Å². The molecule has 0 aromatic heterocycles. The third kappa shape index (κ3) is 10.9. The first kappa shape index (κ1) is 22.3. The average Bonchev–Trinajstić information content (AvgIpc) is 2.62. The predicted octanol–water partition coefficient (Wildman–Crippen LogP) is 2.76. The number of guanidine groups is 1. The number of hydrogen-bond donors (Lipinski definition) is 2. The van der Waals surface area contributed by atoms with E-state index in [1.54, 1.807) is 7.05 Å². The largest absolute Gasteiger partial charge is 0.489 e. The van der Waals surface area contributed by atoms with Crippen molar-refractivity contribution in [2.24, 2.45) is 4.99 Å². The zero-order valence-corrected chi connectivity index (χ0v) is 16.7. The van der Waals surface area contributed by atoms with E-state index in [1.165, 1.54) is 5.56 Å². The van der Waals surface area contributed by atoms with Crippen molar-refractivity contribution in [3.8, 4) is 5.75 Å². The summed E-state index contributed by atoms with van der Waals surface area (Å²) >= 11 is 0. The molecule has 0 saturated heterocycles. The summed E-state index contributed by atoms with van der Waals surface area (Å²) < 4.78 is 16.9. The zero-order valence-electron chi connectivity index (χ0n) is 16.7. The highest BCUT2D eigenvalue weighted by molar-refractivity contribution is 5.79. The van der Waals surface area contributed by atoms with Gasteiger partial charge in [-0.3, -0.25) is 4.99 Å².